The molecule has 0 atom stereocenters. The van der Waals surface area contributed by atoms with Crippen molar-refractivity contribution in [3.63, 3.8) is 0 Å². The second kappa shape index (κ2) is 30.3. The van der Waals surface area contributed by atoms with E-state index in [0.717, 1.165) is 28.0 Å². The van der Waals surface area contributed by atoms with Gasteiger partial charge in [-0.3, -0.25) is 0 Å². The average molecular weight is 1360 g/mol. The average Bonchev–Trinajstić information content (AvgIpc) is 0.779. The van der Waals surface area contributed by atoms with Gasteiger partial charge in [-0.05, 0) is 197 Å². The van der Waals surface area contributed by atoms with E-state index in [-0.39, 0.29) is 14.9 Å². The summed E-state index contributed by atoms with van der Waals surface area (Å²) in [6, 6.07) is 144. The largest absolute Gasteiger partial charge is 0.311 e. The van der Waals surface area contributed by atoms with Crippen molar-refractivity contribution in [3.05, 3.63) is 416 Å². The molecule has 0 aromatic heterocycles. The van der Waals surface area contributed by atoms with Gasteiger partial charge in [0, 0.05) is 21.5 Å². The molecular weight excluding hydrogens is 1280 g/mol. The molecule has 0 amide bonds. The van der Waals surface area contributed by atoms with E-state index in [1.54, 1.807) is 0 Å². The van der Waals surface area contributed by atoms with Crippen molar-refractivity contribution in [2.24, 2.45) is 0 Å². The summed E-state index contributed by atoms with van der Waals surface area (Å²) in [5.41, 5.74) is 21.0. The topological polar surface area (TPSA) is 3.24 Å². The molecule has 0 aliphatic carbocycles. The molecule has 0 bridgehead atoms. The Labute approximate surface area is 602 Å². The van der Waals surface area contributed by atoms with Crippen molar-refractivity contribution in [2.75, 3.05) is 4.90 Å². The summed E-state index contributed by atoms with van der Waals surface area (Å²) in [4.78, 5) is 2.35. The van der Waals surface area contributed by atoms with E-state index >= 15 is 0 Å². The minimum Gasteiger partial charge on any atom is -0.311 e. The van der Waals surface area contributed by atoms with Gasteiger partial charge in [-0.1, -0.05) is 383 Å². The molecule has 0 saturated heterocycles. The van der Waals surface area contributed by atoms with Crippen LogP contribution in [0.3, 0.4) is 0 Å². The number of anilines is 3. The first-order valence-corrected chi connectivity index (χ1v) is 34.7. The molecule has 18 aromatic carbocycles. The zero-order valence-corrected chi connectivity index (χ0v) is 56.2. The van der Waals surface area contributed by atoms with Crippen LogP contribution >= 0.6 is 15.9 Å². The Hall–Kier alpha value is -12.2. The van der Waals surface area contributed by atoms with Crippen LogP contribution in [0, 0.1) is 0 Å². The summed E-state index contributed by atoms with van der Waals surface area (Å²) >= 11 is 3.47. The van der Waals surface area contributed by atoms with Crippen molar-refractivity contribution >= 4 is 97.6 Å². The van der Waals surface area contributed by atoms with Crippen LogP contribution in [0.15, 0.2) is 405 Å². The van der Waals surface area contributed by atoms with Crippen LogP contribution in [-0.4, -0.2) is 0 Å². The summed E-state index contributed by atoms with van der Waals surface area (Å²) in [5.74, 6) is 0. The predicted molar refractivity (Wildman–Crippen MR) is 442 cm³/mol. The first-order chi connectivity index (χ1) is 49.0. The highest BCUT2D eigenvalue weighted by Crippen LogP contribution is 2.41. The summed E-state index contributed by atoms with van der Waals surface area (Å²) in [5, 5.41) is 15.3. The predicted octanol–water partition coefficient (Wildman–Crippen LogP) is 29.1. The van der Waals surface area contributed by atoms with Gasteiger partial charge in [0.25, 0.3) is 0 Å². The Bertz CT molecular complexity index is 5410. The van der Waals surface area contributed by atoms with Crippen LogP contribution in [0.5, 0.6) is 0 Å². The van der Waals surface area contributed by atoms with Crippen molar-refractivity contribution in [3.8, 4) is 66.8 Å². The van der Waals surface area contributed by atoms with Crippen LogP contribution in [0.1, 0.15) is 26.0 Å². The van der Waals surface area contributed by atoms with E-state index in [0.29, 0.717) is 0 Å². The third kappa shape index (κ3) is 14.1. The fraction of sp³-hybridized carbons (Fsp3) is 0.0303. The van der Waals surface area contributed by atoms with Gasteiger partial charge >= 0.3 is 0 Å². The van der Waals surface area contributed by atoms with E-state index in [2.05, 4.69) is 421 Å². The Morgan fingerprint density at radius 2 is 0.356 bits per heavy atom. The summed E-state index contributed by atoms with van der Waals surface area (Å²) in [7, 11) is 0. The van der Waals surface area contributed by atoms with Gasteiger partial charge in [0.1, 0.15) is 0 Å². The van der Waals surface area contributed by atoms with Crippen LogP contribution in [0.2, 0.25) is 0 Å². The number of benzene rings is 18. The zero-order chi connectivity index (χ0) is 66.3. The number of rotatable bonds is 11. The lowest BCUT2D eigenvalue weighted by Crippen LogP contribution is -2.09. The van der Waals surface area contributed by atoms with E-state index < -0.39 is 0 Å². The maximum atomic E-state index is 3.47. The third-order valence-electron chi connectivity index (χ3n) is 19.1. The number of halogens is 1. The highest BCUT2D eigenvalue weighted by molar-refractivity contribution is 9.10. The lowest BCUT2D eigenvalue weighted by molar-refractivity contribution is 1.19. The Kier molecular flexibility index (Phi) is 19.8. The van der Waals surface area contributed by atoms with Crippen LogP contribution < -0.4 is 4.90 Å². The molecule has 0 aliphatic heterocycles. The van der Waals surface area contributed by atoms with Gasteiger partial charge in [0.15, 0.2) is 0 Å². The zero-order valence-electron chi connectivity index (χ0n) is 54.6. The lowest BCUT2D eigenvalue weighted by atomic mass is 9.95. The van der Waals surface area contributed by atoms with Crippen LogP contribution in [0.4, 0.5) is 17.1 Å². The van der Waals surface area contributed by atoms with Crippen molar-refractivity contribution in [2.45, 2.75) is 21.3 Å². The molecule has 18 aromatic rings. The number of hydrogen-bond acceptors (Lipinski definition) is 1. The molecular formula is C99H76BrN. The van der Waals surface area contributed by atoms with E-state index in [9.17, 15) is 0 Å². The van der Waals surface area contributed by atoms with Crippen molar-refractivity contribution < 1.29 is 0 Å². The number of hydrogen-bond donors (Lipinski definition) is 0. The molecule has 0 radical (unpaired) electrons. The third-order valence-corrected chi connectivity index (χ3v) is 19.7. The van der Waals surface area contributed by atoms with Crippen LogP contribution in [-0.2, 0) is 6.42 Å². The summed E-state index contributed by atoms with van der Waals surface area (Å²) in [6.45, 7) is 0. The smallest absolute Gasteiger partial charge is 0.0462 e. The molecule has 0 fully saturated rings. The maximum Gasteiger partial charge on any atom is 0.0462 e. The lowest BCUT2D eigenvalue weighted by Gasteiger charge is -2.26. The van der Waals surface area contributed by atoms with Crippen molar-refractivity contribution in [1.82, 2.24) is 0 Å². The standard InChI is InChI=1S/C48H33N.C33H24.C16H11Br.2CH4/c1-4-16-43-34(10-1)13-7-19-46(43)37-22-28-40(29-23-37)49(41-30-24-38(25-31-41)47-20-8-14-35-11-2-5-17-44(35)47)42-32-26-39(27-33-42)48-21-9-15-36-12-3-6-18-45(36)48;1-3-11-30-26(7-1)9-5-13-32(30)28-19-15-24(16-20-28)23-25-17-21-29(22-18-25)33-14-6-10-27-8-2-4-12-31(27)33;17-14-10-8-13(9-11-14)16-7-3-5-12-4-1-2-6-15(12)16;;/h1-33H;1-22H,23H2;1-11H;2*1H4. The summed E-state index contributed by atoms with van der Waals surface area (Å²) in [6.07, 6.45) is 0.936. The van der Waals surface area contributed by atoms with E-state index in [1.807, 2.05) is 0 Å². The minimum absolute atomic E-state index is 0. The van der Waals surface area contributed by atoms with Gasteiger partial charge < -0.3 is 4.90 Å². The van der Waals surface area contributed by atoms with Gasteiger partial charge in [-0.15, -0.1) is 0 Å². The first kappa shape index (κ1) is 66.1. The fourth-order valence-electron chi connectivity index (χ4n) is 14.1. The molecule has 0 spiro atoms. The van der Waals surface area contributed by atoms with Gasteiger partial charge in [0.05, 0.1) is 0 Å². The van der Waals surface area contributed by atoms with Gasteiger partial charge in [0.2, 0.25) is 0 Å². The van der Waals surface area contributed by atoms with Gasteiger partial charge in [-0.25, -0.2) is 0 Å². The molecule has 2 heteroatoms. The SMILES string of the molecule is Brc1ccc(-c2cccc3ccccc23)cc1.C.C.c1ccc2c(-c3ccc(Cc4ccc(-c5cccc6ccccc56)cc4)cc3)cccc2c1.c1ccc2c(-c3ccc(N(c4ccc(-c5cccc6ccccc56)cc4)c4ccc(-c5cccc6ccccc56)cc4)cc3)cccc2c1. The molecule has 0 unspecified atom stereocenters. The first-order valence-electron chi connectivity index (χ1n) is 33.9. The molecule has 0 N–H and O–H groups in total. The van der Waals surface area contributed by atoms with Crippen LogP contribution in [0.25, 0.3) is 131 Å². The van der Waals surface area contributed by atoms with E-state index in [4.69, 9.17) is 0 Å². The molecule has 484 valence electrons. The quantitative estimate of drug-likeness (QED) is 0.125. The molecule has 0 aliphatic rings. The minimum atomic E-state index is 0. The molecule has 0 heterocycles. The second-order valence-electron chi connectivity index (χ2n) is 25.2. The number of fused-ring (bicyclic) bond motifs is 6. The fourth-order valence-corrected chi connectivity index (χ4v) is 14.4. The monoisotopic (exact) mass is 1360 g/mol. The Morgan fingerprint density at radius 3 is 0.574 bits per heavy atom. The Balaban J connectivity index is 0.000000143. The van der Waals surface area contributed by atoms with E-state index in [1.165, 1.54) is 143 Å². The molecule has 1 nitrogen and oxygen atoms in total. The maximum absolute atomic E-state index is 3.47. The van der Waals surface area contributed by atoms with Crippen molar-refractivity contribution in [1.29, 1.82) is 0 Å². The molecule has 101 heavy (non-hydrogen) atoms. The number of nitrogens with zero attached hydrogens (tertiary/aromatic N) is 1. The molecule has 0 saturated carbocycles. The molecule has 18 rings (SSSR count). The highest BCUT2D eigenvalue weighted by Gasteiger charge is 2.16. The highest BCUT2D eigenvalue weighted by atomic mass is 79.9. The summed E-state index contributed by atoms with van der Waals surface area (Å²) < 4.78 is 1.11. The Morgan fingerprint density at radius 1 is 0.178 bits per heavy atom. The second-order valence-corrected chi connectivity index (χ2v) is 26.1. The normalized spacial score (nSPS) is 10.9. The van der Waals surface area contributed by atoms with Gasteiger partial charge in [-0.2, -0.15) is 0 Å².